The van der Waals surface area contributed by atoms with Crippen LogP contribution >= 0.6 is 0 Å². The van der Waals surface area contributed by atoms with Crippen molar-refractivity contribution < 1.29 is 4.79 Å². The molecule has 0 spiro atoms. The Hall–Kier alpha value is -1.35. The fraction of sp³-hybridized carbons (Fsp3) is 0.500. The lowest BCUT2D eigenvalue weighted by Crippen LogP contribution is -2.43. The molecule has 0 radical (unpaired) electrons. The Morgan fingerprint density at radius 3 is 2.94 bits per heavy atom. The molecule has 1 saturated carbocycles. The zero-order chi connectivity index (χ0) is 11.9. The summed E-state index contributed by atoms with van der Waals surface area (Å²) in [6, 6.07) is 8.22. The van der Waals surface area contributed by atoms with Crippen molar-refractivity contribution in [1.82, 2.24) is 10.6 Å². The summed E-state index contributed by atoms with van der Waals surface area (Å²) >= 11 is 0. The summed E-state index contributed by atoms with van der Waals surface area (Å²) < 4.78 is 0. The van der Waals surface area contributed by atoms with E-state index < -0.39 is 0 Å². The fourth-order valence-electron chi connectivity index (χ4n) is 2.43. The van der Waals surface area contributed by atoms with Gasteiger partial charge in [-0.3, -0.25) is 4.79 Å². The molecule has 3 nitrogen and oxygen atoms in total. The highest BCUT2D eigenvalue weighted by Crippen LogP contribution is 2.35. The standard InChI is InChI=1S/C14H18N2O/c1-14(6-7-14)16-13(17)12-9-15-8-10-4-2-3-5-11(10)12/h2-5,12,15H,6-9H2,1H3,(H,16,17). The van der Waals surface area contributed by atoms with Crippen LogP contribution in [0.1, 0.15) is 36.8 Å². The van der Waals surface area contributed by atoms with Crippen LogP contribution < -0.4 is 10.6 Å². The molecule has 0 bridgehead atoms. The molecule has 2 N–H and O–H groups in total. The second-order valence-corrected chi connectivity index (χ2v) is 5.43. The van der Waals surface area contributed by atoms with Crippen molar-refractivity contribution >= 4 is 5.91 Å². The number of carbonyl (C=O) groups excluding carboxylic acids is 1. The lowest BCUT2D eigenvalue weighted by molar-refractivity contribution is -0.123. The highest BCUT2D eigenvalue weighted by atomic mass is 16.2. The Balaban J connectivity index is 1.82. The molecule has 0 saturated heterocycles. The minimum atomic E-state index is -0.0302. The molecule has 0 aromatic heterocycles. The van der Waals surface area contributed by atoms with Crippen LogP contribution in [0.3, 0.4) is 0 Å². The lowest BCUT2D eigenvalue weighted by Gasteiger charge is -2.26. The van der Waals surface area contributed by atoms with Crippen LogP contribution in [0.5, 0.6) is 0 Å². The van der Waals surface area contributed by atoms with Gasteiger partial charge < -0.3 is 10.6 Å². The van der Waals surface area contributed by atoms with E-state index in [2.05, 4.69) is 29.7 Å². The van der Waals surface area contributed by atoms with E-state index in [1.165, 1.54) is 11.1 Å². The summed E-state index contributed by atoms with van der Waals surface area (Å²) in [5.74, 6) is 0.141. The number of carbonyl (C=O) groups is 1. The van der Waals surface area contributed by atoms with E-state index in [-0.39, 0.29) is 17.4 Å². The van der Waals surface area contributed by atoms with Gasteiger partial charge in [0.25, 0.3) is 0 Å². The largest absolute Gasteiger partial charge is 0.350 e. The van der Waals surface area contributed by atoms with E-state index in [9.17, 15) is 4.79 Å². The smallest absolute Gasteiger partial charge is 0.229 e. The third kappa shape index (κ3) is 2.07. The maximum absolute atomic E-state index is 12.3. The van der Waals surface area contributed by atoms with Gasteiger partial charge in [-0.15, -0.1) is 0 Å². The summed E-state index contributed by atoms with van der Waals surface area (Å²) in [6.45, 7) is 3.74. The predicted molar refractivity (Wildman–Crippen MR) is 66.7 cm³/mol. The van der Waals surface area contributed by atoms with E-state index in [4.69, 9.17) is 0 Å². The number of nitrogens with one attached hydrogen (secondary N) is 2. The molecule has 1 aromatic rings. The van der Waals surface area contributed by atoms with Crippen molar-refractivity contribution in [1.29, 1.82) is 0 Å². The van der Waals surface area contributed by atoms with Crippen LogP contribution in [-0.4, -0.2) is 18.0 Å². The number of amides is 1. The minimum Gasteiger partial charge on any atom is -0.350 e. The van der Waals surface area contributed by atoms with Crippen molar-refractivity contribution in [2.75, 3.05) is 6.54 Å². The number of benzene rings is 1. The molecule has 1 aromatic carbocycles. The first-order chi connectivity index (χ1) is 8.18. The van der Waals surface area contributed by atoms with Crippen LogP contribution in [0, 0.1) is 0 Å². The number of hydrogen-bond acceptors (Lipinski definition) is 2. The number of hydrogen-bond donors (Lipinski definition) is 2. The van der Waals surface area contributed by atoms with Crippen LogP contribution in [-0.2, 0) is 11.3 Å². The fourth-order valence-corrected chi connectivity index (χ4v) is 2.43. The second kappa shape index (κ2) is 3.84. The monoisotopic (exact) mass is 230 g/mol. The summed E-state index contributed by atoms with van der Waals surface area (Å²) in [5.41, 5.74) is 2.51. The van der Waals surface area contributed by atoms with E-state index in [1.54, 1.807) is 0 Å². The molecule has 90 valence electrons. The van der Waals surface area contributed by atoms with E-state index in [0.717, 1.165) is 25.9 Å². The van der Waals surface area contributed by atoms with Crippen LogP contribution in [0.15, 0.2) is 24.3 Å². The lowest BCUT2D eigenvalue weighted by atomic mass is 9.90. The third-order valence-electron chi connectivity index (χ3n) is 3.84. The van der Waals surface area contributed by atoms with Crippen molar-refractivity contribution in [2.24, 2.45) is 0 Å². The Bertz CT molecular complexity index is 451. The third-order valence-corrected chi connectivity index (χ3v) is 3.84. The van der Waals surface area contributed by atoms with Gasteiger partial charge in [-0.1, -0.05) is 24.3 Å². The normalized spacial score (nSPS) is 24.9. The molecule has 17 heavy (non-hydrogen) atoms. The molecule has 1 fully saturated rings. The van der Waals surface area contributed by atoms with Crippen LogP contribution in [0.25, 0.3) is 0 Å². The van der Waals surface area contributed by atoms with Gasteiger partial charge in [0.05, 0.1) is 5.92 Å². The van der Waals surface area contributed by atoms with Gasteiger partial charge in [0.15, 0.2) is 0 Å². The Morgan fingerprint density at radius 2 is 2.18 bits per heavy atom. The van der Waals surface area contributed by atoms with Gasteiger partial charge in [-0.25, -0.2) is 0 Å². The zero-order valence-electron chi connectivity index (χ0n) is 10.1. The first kappa shape index (κ1) is 10.8. The highest BCUT2D eigenvalue weighted by molar-refractivity contribution is 5.85. The van der Waals surface area contributed by atoms with Gasteiger partial charge in [-0.2, -0.15) is 0 Å². The molecule has 1 atom stereocenters. The Labute approximate surface area is 102 Å². The molecule has 1 aliphatic carbocycles. The van der Waals surface area contributed by atoms with Crippen molar-refractivity contribution in [3.63, 3.8) is 0 Å². The van der Waals surface area contributed by atoms with Gasteiger partial charge in [0.2, 0.25) is 5.91 Å². The minimum absolute atomic E-state index is 0.0302. The molecule has 3 rings (SSSR count). The maximum atomic E-state index is 12.3. The Morgan fingerprint density at radius 1 is 1.41 bits per heavy atom. The first-order valence-electron chi connectivity index (χ1n) is 6.28. The van der Waals surface area contributed by atoms with E-state index >= 15 is 0 Å². The van der Waals surface area contributed by atoms with Gasteiger partial charge in [0.1, 0.15) is 0 Å². The summed E-state index contributed by atoms with van der Waals surface area (Å²) in [5, 5.41) is 6.48. The molecule has 2 aliphatic rings. The molecule has 1 unspecified atom stereocenters. The van der Waals surface area contributed by atoms with Crippen molar-refractivity contribution in [2.45, 2.75) is 37.8 Å². The first-order valence-corrected chi connectivity index (χ1v) is 6.28. The topological polar surface area (TPSA) is 41.1 Å². The SMILES string of the molecule is CC1(NC(=O)C2CNCc3ccccc32)CC1. The predicted octanol–water partition coefficient (Wildman–Crippen LogP) is 1.54. The van der Waals surface area contributed by atoms with E-state index in [1.807, 2.05) is 12.1 Å². The molecule has 1 aliphatic heterocycles. The Kier molecular flexibility index (Phi) is 2.44. The molecular weight excluding hydrogens is 212 g/mol. The average molecular weight is 230 g/mol. The maximum Gasteiger partial charge on any atom is 0.229 e. The van der Waals surface area contributed by atoms with Crippen molar-refractivity contribution in [3.8, 4) is 0 Å². The molecular formula is C14H18N2O. The van der Waals surface area contributed by atoms with Gasteiger partial charge in [-0.05, 0) is 30.9 Å². The van der Waals surface area contributed by atoms with Gasteiger partial charge in [0, 0.05) is 18.6 Å². The average Bonchev–Trinajstić information content (AvgIpc) is 3.06. The van der Waals surface area contributed by atoms with Crippen molar-refractivity contribution in [3.05, 3.63) is 35.4 Å². The van der Waals surface area contributed by atoms with Crippen LogP contribution in [0.2, 0.25) is 0 Å². The summed E-state index contributed by atoms with van der Waals surface area (Å²) in [7, 11) is 0. The molecule has 3 heteroatoms. The number of fused-ring (bicyclic) bond motifs is 1. The molecule has 1 amide bonds. The van der Waals surface area contributed by atoms with Crippen LogP contribution in [0.4, 0.5) is 0 Å². The van der Waals surface area contributed by atoms with E-state index in [0.29, 0.717) is 0 Å². The quantitative estimate of drug-likeness (QED) is 0.809. The summed E-state index contributed by atoms with van der Waals surface area (Å²) in [4.78, 5) is 12.3. The highest BCUT2D eigenvalue weighted by Gasteiger charge is 2.40. The zero-order valence-corrected chi connectivity index (χ0v) is 10.1. The summed E-state index contributed by atoms with van der Waals surface area (Å²) in [6.07, 6.45) is 2.22. The molecule has 1 heterocycles. The second-order valence-electron chi connectivity index (χ2n) is 5.43. The van der Waals surface area contributed by atoms with Gasteiger partial charge >= 0.3 is 0 Å². The number of rotatable bonds is 2.